The lowest BCUT2D eigenvalue weighted by Crippen LogP contribution is -2.44. The number of carbonyl (C=O) groups excluding carboxylic acids is 2. The molecule has 1 aliphatic heterocycles. The highest BCUT2D eigenvalue weighted by atomic mass is 19.1. The Hall–Kier alpha value is -1.91. The van der Waals surface area contributed by atoms with Crippen molar-refractivity contribution in [2.24, 2.45) is 0 Å². The van der Waals surface area contributed by atoms with E-state index in [2.05, 4.69) is 5.32 Å². The first-order chi connectivity index (χ1) is 8.65. The normalized spacial score (nSPS) is 19.2. The van der Waals surface area contributed by atoms with Crippen molar-refractivity contribution in [3.63, 3.8) is 0 Å². The third-order valence-corrected chi connectivity index (χ3v) is 2.94. The fourth-order valence-electron chi connectivity index (χ4n) is 2.04. The Morgan fingerprint density at radius 2 is 2.06 bits per heavy atom. The number of para-hydroxylation sites is 1. The van der Waals surface area contributed by atoms with Gasteiger partial charge in [0.1, 0.15) is 6.04 Å². The molecule has 1 aliphatic rings. The number of amides is 2. The van der Waals surface area contributed by atoms with Crippen LogP contribution in [-0.2, 0) is 4.79 Å². The van der Waals surface area contributed by atoms with E-state index in [4.69, 9.17) is 0 Å². The van der Waals surface area contributed by atoms with Crippen molar-refractivity contribution in [2.45, 2.75) is 19.4 Å². The lowest BCUT2D eigenvalue weighted by atomic mass is 10.1. The molecule has 0 spiro atoms. The van der Waals surface area contributed by atoms with Crippen LogP contribution in [0.4, 0.5) is 10.1 Å². The summed E-state index contributed by atoms with van der Waals surface area (Å²) in [4.78, 5) is 25.5. The second kappa shape index (κ2) is 5.16. The number of hydrogen-bond donors (Lipinski definition) is 1. The second-order valence-electron chi connectivity index (χ2n) is 4.24. The zero-order chi connectivity index (χ0) is 13.1. The van der Waals surface area contributed by atoms with Crippen molar-refractivity contribution < 1.29 is 14.0 Å². The van der Waals surface area contributed by atoms with Crippen LogP contribution in [0.3, 0.4) is 0 Å². The minimum absolute atomic E-state index is 0.207. The summed E-state index contributed by atoms with van der Waals surface area (Å²) in [5.74, 6) is -0.476. The number of alkyl halides is 1. The number of benzene rings is 1. The molecule has 18 heavy (non-hydrogen) atoms. The highest BCUT2D eigenvalue weighted by Crippen LogP contribution is 2.24. The van der Waals surface area contributed by atoms with Crippen LogP contribution in [0.1, 0.15) is 23.7 Å². The molecule has 1 N–H and O–H groups in total. The molecule has 0 bridgehead atoms. The first-order valence-electron chi connectivity index (χ1n) is 5.92. The van der Waals surface area contributed by atoms with Crippen molar-refractivity contribution in [3.05, 3.63) is 29.8 Å². The Bertz CT molecular complexity index is 476. The SMILES string of the molecule is CC1NC(=O)c2ccccc2N(CCCF)C1=O. The third-order valence-electron chi connectivity index (χ3n) is 2.94. The van der Waals surface area contributed by atoms with Gasteiger partial charge < -0.3 is 10.2 Å². The topological polar surface area (TPSA) is 49.4 Å². The summed E-state index contributed by atoms with van der Waals surface area (Å²) in [6.45, 7) is 1.43. The fourth-order valence-corrected chi connectivity index (χ4v) is 2.04. The highest BCUT2D eigenvalue weighted by Gasteiger charge is 2.30. The number of halogens is 1. The number of carbonyl (C=O) groups is 2. The summed E-state index contributed by atoms with van der Waals surface area (Å²) in [5, 5.41) is 2.63. The van der Waals surface area contributed by atoms with E-state index in [1.807, 2.05) is 0 Å². The number of anilines is 1. The lowest BCUT2D eigenvalue weighted by molar-refractivity contribution is -0.120. The van der Waals surface area contributed by atoms with Crippen molar-refractivity contribution in [2.75, 3.05) is 18.1 Å². The van der Waals surface area contributed by atoms with Crippen molar-refractivity contribution in [1.82, 2.24) is 5.32 Å². The van der Waals surface area contributed by atoms with E-state index in [1.165, 1.54) is 4.90 Å². The van der Waals surface area contributed by atoms with Gasteiger partial charge in [0.25, 0.3) is 5.91 Å². The van der Waals surface area contributed by atoms with Crippen LogP contribution < -0.4 is 10.2 Å². The van der Waals surface area contributed by atoms with Gasteiger partial charge in [-0.05, 0) is 25.5 Å². The summed E-state index contributed by atoms with van der Waals surface area (Å²) >= 11 is 0. The Balaban J connectivity index is 2.43. The average Bonchev–Trinajstić information content (AvgIpc) is 2.46. The number of fused-ring (bicyclic) bond motifs is 1. The minimum Gasteiger partial charge on any atom is -0.340 e. The molecule has 1 atom stereocenters. The molecular formula is C13H15FN2O2. The van der Waals surface area contributed by atoms with Gasteiger partial charge in [-0.15, -0.1) is 0 Å². The minimum atomic E-state index is -0.593. The van der Waals surface area contributed by atoms with Gasteiger partial charge >= 0.3 is 0 Å². The van der Waals surface area contributed by atoms with Gasteiger partial charge in [0.2, 0.25) is 5.91 Å². The van der Waals surface area contributed by atoms with Gasteiger partial charge in [-0.1, -0.05) is 12.1 Å². The van der Waals surface area contributed by atoms with Crippen LogP contribution in [0, 0.1) is 0 Å². The van der Waals surface area contributed by atoms with Gasteiger partial charge in [0.15, 0.2) is 0 Å². The van der Waals surface area contributed by atoms with Crippen molar-refractivity contribution in [3.8, 4) is 0 Å². The van der Waals surface area contributed by atoms with Crippen LogP contribution in [0.15, 0.2) is 24.3 Å². The van der Waals surface area contributed by atoms with Crippen LogP contribution in [0.2, 0.25) is 0 Å². The molecule has 1 aromatic rings. The van der Waals surface area contributed by atoms with E-state index in [0.29, 0.717) is 11.3 Å². The Kier molecular flexibility index (Phi) is 3.60. The van der Waals surface area contributed by atoms with Gasteiger partial charge in [0, 0.05) is 6.54 Å². The summed E-state index contributed by atoms with van der Waals surface area (Å²) in [7, 11) is 0. The number of nitrogens with zero attached hydrogens (tertiary/aromatic N) is 1. The Morgan fingerprint density at radius 1 is 1.33 bits per heavy atom. The van der Waals surface area contributed by atoms with Crippen molar-refractivity contribution in [1.29, 1.82) is 0 Å². The number of rotatable bonds is 3. The third kappa shape index (κ3) is 2.20. The maximum atomic E-state index is 12.3. The van der Waals surface area contributed by atoms with Gasteiger partial charge in [0.05, 0.1) is 17.9 Å². The zero-order valence-corrected chi connectivity index (χ0v) is 10.1. The van der Waals surface area contributed by atoms with Crippen molar-refractivity contribution >= 4 is 17.5 Å². The molecule has 0 saturated heterocycles. The van der Waals surface area contributed by atoms with Gasteiger partial charge in [-0.2, -0.15) is 0 Å². The Labute approximate surface area is 105 Å². The molecule has 1 unspecified atom stereocenters. The quantitative estimate of drug-likeness (QED) is 0.884. The molecule has 2 rings (SSSR count). The lowest BCUT2D eigenvalue weighted by Gasteiger charge is -2.23. The molecule has 4 nitrogen and oxygen atoms in total. The summed E-state index contributed by atoms with van der Waals surface area (Å²) < 4.78 is 12.3. The Morgan fingerprint density at radius 3 is 2.78 bits per heavy atom. The highest BCUT2D eigenvalue weighted by molar-refractivity contribution is 6.10. The van der Waals surface area contributed by atoms with E-state index < -0.39 is 12.7 Å². The first kappa shape index (κ1) is 12.5. The smallest absolute Gasteiger partial charge is 0.254 e. The first-order valence-corrected chi connectivity index (χ1v) is 5.92. The molecule has 2 amide bonds. The van der Waals surface area contributed by atoms with Gasteiger partial charge in [-0.3, -0.25) is 14.0 Å². The second-order valence-corrected chi connectivity index (χ2v) is 4.24. The molecule has 0 aromatic heterocycles. The summed E-state index contributed by atoms with van der Waals surface area (Å²) in [6, 6.07) is 6.29. The standard InChI is InChI=1S/C13H15FN2O2/c1-9-13(18)16(8-4-7-14)11-6-3-2-5-10(11)12(17)15-9/h2-3,5-6,9H,4,7-8H2,1H3,(H,15,17). The molecule has 1 aromatic carbocycles. The predicted octanol–water partition coefficient (Wildman–Crippen LogP) is 1.51. The van der Waals surface area contributed by atoms with E-state index in [9.17, 15) is 14.0 Å². The van der Waals surface area contributed by atoms with E-state index in [1.54, 1.807) is 31.2 Å². The largest absolute Gasteiger partial charge is 0.340 e. The zero-order valence-electron chi connectivity index (χ0n) is 10.1. The summed E-state index contributed by atoms with van der Waals surface area (Å²) in [6.07, 6.45) is 0.265. The number of nitrogens with one attached hydrogen (secondary N) is 1. The summed E-state index contributed by atoms with van der Waals surface area (Å²) in [5.41, 5.74) is 1.01. The van der Waals surface area contributed by atoms with E-state index in [-0.39, 0.29) is 24.8 Å². The molecule has 1 heterocycles. The molecular weight excluding hydrogens is 235 g/mol. The molecule has 0 fully saturated rings. The molecule has 0 aliphatic carbocycles. The molecule has 0 radical (unpaired) electrons. The van der Waals surface area contributed by atoms with Gasteiger partial charge in [-0.25, -0.2) is 0 Å². The van der Waals surface area contributed by atoms with Crippen LogP contribution in [-0.4, -0.2) is 31.1 Å². The van der Waals surface area contributed by atoms with Crippen LogP contribution in [0.5, 0.6) is 0 Å². The fraction of sp³-hybridized carbons (Fsp3) is 0.385. The van der Waals surface area contributed by atoms with Crippen LogP contribution >= 0.6 is 0 Å². The number of hydrogen-bond acceptors (Lipinski definition) is 2. The van der Waals surface area contributed by atoms with E-state index in [0.717, 1.165) is 0 Å². The molecule has 96 valence electrons. The predicted molar refractivity (Wildman–Crippen MR) is 66.3 cm³/mol. The maximum absolute atomic E-state index is 12.3. The molecule has 0 saturated carbocycles. The molecule has 5 heteroatoms. The monoisotopic (exact) mass is 250 g/mol. The van der Waals surface area contributed by atoms with Crippen LogP contribution in [0.25, 0.3) is 0 Å². The average molecular weight is 250 g/mol. The van der Waals surface area contributed by atoms with E-state index >= 15 is 0 Å². The maximum Gasteiger partial charge on any atom is 0.254 e.